The van der Waals surface area contributed by atoms with Crippen LogP contribution in [0.1, 0.15) is 31.2 Å². The van der Waals surface area contributed by atoms with Gasteiger partial charge in [-0.3, -0.25) is 9.69 Å². The molecule has 162 valence electrons. The van der Waals surface area contributed by atoms with Gasteiger partial charge in [0.2, 0.25) is 5.91 Å². The number of hydrogen-bond acceptors (Lipinski definition) is 6. The molecule has 2 aliphatic heterocycles. The highest BCUT2D eigenvalue weighted by Crippen LogP contribution is 2.21. The fourth-order valence-corrected chi connectivity index (χ4v) is 4.13. The zero-order valence-corrected chi connectivity index (χ0v) is 17.5. The highest BCUT2D eigenvalue weighted by molar-refractivity contribution is 5.73. The lowest BCUT2D eigenvalue weighted by Gasteiger charge is -2.34. The molecule has 0 radical (unpaired) electrons. The Morgan fingerprint density at radius 2 is 1.69 bits per heavy atom. The van der Waals surface area contributed by atoms with Gasteiger partial charge < -0.3 is 25.4 Å². The first kappa shape index (κ1) is 22.0. The van der Waals surface area contributed by atoms with Gasteiger partial charge in [-0.2, -0.15) is 0 Å². The van der Waals surface area contributed by atoms with E-state index in [0.29, 0.717) is 19.6 Å². The van der Waals surface area contributed by atoms with Gasteiger partial charge in [-0.25, -0.2) is 0 Å². The van der Waals surface area contributed by atoms with Crippen LogP contribution in [0, 0.1) is 0 Å². The minimum absolute atomic E-state index is 0.235. The molecule has 0 aliphatic carbocycles. The van der Waals surface area contributed by atoms with Crippen LogP contribution >= 0.6 is 0 Å². The van der Waals surface area contributed by atoms with E-state index in [1.165, 1.54) is 19.3 Å². The van der Waals surface area contributed by atoms with E-state index in [-0.39, 0.29) is 5.91 Å². The molecule has 0 aromatic heterocycles. The van der Waals surface area contributed by atoms with E-state index in [9.17, 15) is 9.90 Å². The topological polar surface area (TPSA) is 82.3 Å². The Bertz CT molecular complexity index is 628. The third kappa shape index (κ3) is 7.59. The number of nitrogens with zero attached hydrogens (tertiary/aromatic N) is 3. The van der Waals surface area contributed by atoms with Gasteiger partial charge in [0, 0.05) is 57.8 Å². The van der Waals surface area contributed by atoms with E-state index in [0.717, 1.165) is 63.7 Å². The molecule has 2 fully saturated rings. The second kappa shape index (κ2) is 11.5. The maximum atomic E-state index is 11.0. The molecule has 7 nitrogen and oxygen atoms in total. The van der Waals surface area contributed by atoms with E-state index in [4.69, 9.17) is 10.5 Å². The molecule has 7 heteroatoms. The van der Waals surface area contributed by atoms with Crippen molar-refractivity contribution in [2.24, 2.45) is 5.73 Å². The Labute approximate surface area is 174 Å². The van der Waals surface area contributed by atoms with Crippen molar-refractivity contribution in [2.45, 2.75) is 38.3 Å². The average Bonchev–Trinajstić information content (AvgIpc) is 2.73. The number of amides is 1. The summed E-state index contributed by atoms with van der Waals surface area (Å²) in [5.74, 6) is 0.627. The first-order chi connectivity index (χ1) is 14.1. The third-order valence-electron chi connectivity index (χ3n) is 5.85. The summed E-state index contributed by atoms with van der Waals surface area (Å²) >= 11 is 0. The molecule has 3 rings (SSSR count). The summed E-state index contributed by atoms with van der Waals surface area (Å²) in [5.41, 5.74) is 6.40. The minimum Gasteiger partial charge on any atom is -0.491 e. The monoisotopic (exact) mass is 404 g/mol. The number of para-hydroxylation sites is 1. The molecule has 1 aromatic carbocycles. The summed E-state index contributed by atoms with van der Waals surface area (Å²) in [5, 5.41) is 10.4. The largest absolute Gasteiger partial charge is 0.491 e. The number of nitrogens with two attached hydrogens (primary N) is 1. The van der Waals surface area contributed by atoms with Crippen LogP contribution in [-0.4, -0.2) is 90.8 Å². The predicted octanol–water partition coefficient (Wildman–Crippen LogP) is 0.905. The van der Waals surface area contributed by atoms with Gasteiger partial charge in [-0.05, 0) is 32.0 Å². The molecule has 3 N–H and O–H groups in total. The van der Waals surface area contributed by atoms with Gasteiger partial charge in [0.25, 0.3) is 0 Å². The number of piperazine rings is 1. The maximum Gasteiger partial charge on any atom is 0.218 e. The molecule has 1 aromatic rings. The summed E-state index contributed by atoms with van der Waals surface area (Å²) in [6, 6.07) is 8.12. The number of carbonyl (C=O) groups excluding carboxylic acids is 1. The standard InChI is InChI=1S/C22H36N4O3/c23-22(28)8-11-24-12-14-26(15-13-24)16-19-6-2-3-7-21(19)29-18-20(27)17-25-9-4-1-5-10-25/h2-3,6-7,20,27H,1,4-5,8-18H2,(H2,23,28). The summed E-state index contributed by atoms with van der Waals surface area (Å²) < 4.78 is 6.00. The Hall–Kier alpha value is -1.67. The molecule has 0 saturated carbocycles. The average molecular weight is 405 g/mol. The van der Waals surface area contributed by atoms with Crippen LogP contribution in [0.3, 0.4) is 0 Å². The molecule has 0 spiro atoms. The number of ether oxygens (including phenoxy) is 1. The van der Waals surface area contributed by atoms with Crippen LogP contribution < -0.4 is 10.5 Å². The van der Waals surface area contributed by atoms with Crippen LogP contribution in [0.15, 0.2) is 24.3 Å². The number of piperidine rings is 1. The minimum atomic E-state index is -0.463. The molecule has 2 saturated heterocycles. The number of β-amino-alcohol motifs (C(OH)–C–C–N with tert-alkyl or cyclic N) is 1. The second-order valence-electron chi connectivity index (χ2n) is 8.27. The van der Waals surface area contributed by atoms with Crippen molar-refractivity contribution in [1.82, 2.24) is 14.7 Å². The van der Waals surface area contributed by atoms with Gasteiger partial charge in [0.15, 0.2) is 0 Å². The van der Waals surface area contributed by atoms with Crippen LogP contribution in [-0.2, 0) is 11.3 Å². The van der Waals surface area contributed by atoms with E-state index < -0.39 is 6.10 Å². The lowest BCUT2D eigenvalue weighted by Crippen LogP contribution is -2.46. The van der Waals surface area contributed by atoms with Gasteiger partial charge in [-0.1, -0.05) is 24.6 Å². The SMILES string of the molecule is NC(=O)CCN1CCN(Cc2ccccc2OCC(O)CN2CCCCC2)CC1. The molecular weight excluding hydrogens is 368 g/mol. The van der Waals surface area contributed by atoms with Crippen molar-refractivity contribution < 1.29 is 14.6 Å². The number of rotatable bonds is 10. The molecular formula is C22H36N4O3. The zero-order chi connectivity index (χ0) is 20.5. The normalized spacial score (nSPS) is 20.4. The van der Waals surface area contributed by atoms with Crippen LogP contribution in [0.25, 0.3) is 0 Å². The quantitative estimate of drug-likeness (QED) is 0.603. The van der Waals surface area contributed by atoms with Crippen LogP contribution in [0.5, 0.6) is 5.75 Å². The predicted molar refractivity (Wildman–Crippen MR) is 114 cm³/mol. The Morgan fingerprint density at radius 3 is 2.41 bits per heavy atom. The number of hydrogen-bond donors (Lipinski definition) is 2. The third-order valence-corrected chi connectivity index (χ3v) is 5.85. The van der Waals surface area contributed by atoms with Crippen molar-refractivity contribution in [1.29, 1.82) is 0 Å². The maximum absolute atomic E-state index is 11.0. The van der Waals surface area contributed by atoms with Crippen molar-refractivity contribution in [2.75, 3.05) is 59.0 Å². The number of carbonyl (C=O) groups is 1. The van der Waals surface area contributed by atoms with Gasteiger partial charge in [0.1, 0.15) is 18.5 Å². The molecule has 1 amide bonds. The Morgan fingerprint density at radius 1 is 1.00 bits per heavy atom. The molecule has 2 heterocycles. The number of likely N-dealkylation sites (tertiary alicyclic amines) is 1. The Kier molecular flexibility index (Phi) is 8.73. The number of aliphatic hydroxyl groups excluding tert-OH is 1. The zero-order valence-electron chi connectivity index (χ0n) is 17.5. The van der Waals surface area contributed by atoms with E-state index >= 15 is 0 Å². The highest BCUT2D eigenvalue weighted by Gasteiger charge is 2.19. The number of benzene rings is 1. The summed E-state index contributed by atoms with van der Waals surface area (Å²) in [6.07, 6.45) is 3.72. The van der Waals surface area contributed by atoms with E-state index in [1.54, 1.807) is 0 Å². The highest BCUT2D eigenvalue weighted by atomic mass is 16.5. The first-order valence-electron chi connectivity index (χ1n) is 10.9. The molecule has 1 unspecified atom stereocenters. The van der Waals surface area contributed by atoms with Gasteiger partial charge >= 0.3 is 0 Å². The molecule has 2 aliphatic rings. The number of aliphatic hydroxyl groups is 1. The van der Waals surface area contributed by atoms with Crippen LogP contribution in [0.4, 0.5) is 0 Å². The lowest BCUT2D eigenvalue weighted by molar-refractivity contribution is -0.118. The van der Waals surface area contributed by atoms with Gasteiger partial charge in [0.05, 0.1) is 0 Å². The number of primary amides is 1. The van der Waals surface area contributed by atoms with Crippen molar-refractivity contribution in [3.8, 4) is 5.75 Å². The lowest BCUT2D eigenvalue weighted by atomic mass is 10.1. The molecule has 29 heavy (non-hydrogen) atoms. The van der Waals surface area contributed by atoms with Crippen molar-refractivity contribution >= 4 is 5.91 Å². The van der Waals surface area contributed by atoms with Crippen LogP contribution in [0.2, 0.25) is 0 Å². The summed E-state index contributed by atoms with van der Waals surface area (Å²) in [7, 11) is 0. The first-order valence-corrected chi connectivity index (χ1v) is 10.9. The molecule has 0 bridgehead atoms. The van der Waals surface area contributed by atoms with Gasteiger partial charge in [-0.15, -0.1) is 0 Å². The smallest absolute Gasteiger partial charge is 0.218 e. The van der Waals surface area contributed by atoms with Crippen molar-refractivity contribution in [3.05, 3.63) is 29.8 Å². The fourth-order valence-electron chi connectivity index (χ4n) is 4.13. The summed E-state index contributed by atoms with van der Waals surface area (Å²) in [6.45, 7) is 8.59. The van der Waals surface area contributed by atoms with E-state index in [1.807, 2.05) is 18.2 Å². The summed E-state index contributed by atoms with van der Waals surface area (Å²) in [4.78, 5) is 18.0. The van der Waals surface area contributed by atoms with Crippen molar-refractivity contribution in [3.63, 3.8) is 0 Å². The fraction of sp³-hybridized carbons (Fsp3) is 0.682. The molecule has 1 atom stereocenters. The Balaban J connectivity index is 1.43. The second-order valence-corrected chi connectivity index (χ2v) is 8.27. The van der Waals surface area contributed by atoms with E-state index in [2.05, 4.69) is 20.8 Å².